The van der Waals surface area contributed by atoms with Gasteiger partial charge in [0.05, 0.1) is 0 Å². The van der Waals surface area contributed by atoms with E-state index in [1.807, 2.05) is 0 Å². The van der Waals surface area contributed by atoms with Crippen LogP contribution in [0.25, 0.3) is 0 Å². The van der Waals surface area contributed by atoms with E-state index >= 15 is 0 Å². The molecule has 17 heavy (non-hydrogen) atoms. The summed E-state index contributed by atoms with van der Waals surface area (Å²) in [4.78, 5) is 2.62. The topological polar surface area (TPSA) is 15.3 Å². The van der Waals surface area contributed by atoms with Crippen LogP contribution in [0.3, 0.4) is 0 Å². The monoisotopic (exact) mass is 238 g/mol. The Morgan fingerprint density at radius 3 is 2.53 bits per heavy atom. The van der Waals surface area contributed by atoms with Crippen LogP contribution in [0.1, 0.15) is 47.0 Å². The lowest BCUT2D eigenvalue weighted by molar-refractivity contribution is 0.0722. The Morgan fingerprint density at radius 1 is 1.41 bits per heavy atom. The van der Waals surface area contributed by atoms with Crippen LogP contribution in [0.4, 0.5) is 0 Å². The molecule has 1 atom stereocenters. The highest BCUT2D eigenvalue weighted by Crippen LogP contribution is 2.25. The molecule has 2 nitrogen and oxygen atoms in total. The third kappa shape index (κ3) is 3.82. The van der Waals surface area contributed by atoms with Gasteiger partial charge in [0.15, 0.2) is 0 Å². The molecule has 0 saturated carbocycles. The zero-order chi connectivity index (χ0) is 12.9. The van der Waals surface area contributed by atoms with Gasteiger partial charge in [0.1, 0.15) is 0 Å². The number of nitrogens with zero attached hydrogens (tertiary/aromatic N) is 1. The fourth-order valence-electron chi connectivity index (χ4n) is 2.92. The summed E-state index contributed by atoms with van der Waals surface area (Å²) in [5.74, 6) is 0.768. The van der Waals surface area contributed by atoms with E-state index in [1.165, 1.54) is 25.8 Å². The molecule has 1 fully saturated rings. The van der Waals surface area contributed by atoms with Crippen molar-refractivity contribution in [2.45, 2.75) is 58.5 Å². The van der Waals surface area contributed by atoms with Crippen molar-refractivity contribution in [1.29, 1.82) is 0 Å². The van der Waals surface area contributed by atoms with Crippen molar-refractivity contribution < 1.29 is 0 Å². The fourth-order valence-corrected chi connectivity index (χ4v) is 2.92. The summed E-state index contributed by atoms with van der Waals surface area (Å²) in [6, 6.07) is 0.680. The Labute approximate surface area is 107 Å². The first kappa shape index (κ1) is 14.7. The highest BCUT2D eigenvalue weighted by atomic mass is 15.2. The largest absolute Gasteiger partial charge is 0.308 e. The molecule has 0 bridgehead atoms. The summed E-state index contributed by atoms with van der Waals surface area (Å²) < 4.78 is 0. The van der Waals surface area contributed by atoms with Crippen molar-refractivity contribution in [3.63, 3.8) is 0 Å². The Hall–Kier alpha value is -0.340. The zero-order valence-electron chi connectivity index (χ0n) is 12.1. The summed E-state index contributed by atoms with van der Waals surface area (Å²) in [7, 11) is 0. The molecule has 0 aliphatic carbocycles. The molecule has 0 spiro atoms. The van der Waals surface area contributed by atoms with E-state index < -0.39 is 0 Å². The van der Waals surface area contributed by atoms with E-state index in [0.717, 1.165) is 19.0 Å². The third-order valence-corrected chi connectivity index (χ3v) is 4.20. The molecule has 1 heterocycles. The van der Waals surface area contributed by atoms with Gasteiger partial charge in [0.2, 0.25) is 0 Å². The lowest BCUT2D eigenvalue weighted by atomic mass is 9.87. The molecule has 0 amide bonds. The van der Waals surface area contributed by atoms with Crippen LogP contribution >= 0.6 is 0 Å². The number of nitrogens with one attached hydrogen (secondary N) is 1. The Kier molecular flexibility index (Phi) is 5.68. The Balaban J connectivity index is 2.69. The number of piperazine rings is 1. The maximum Gasteiger partial charge on any atom is 0.0304 e. The summed E-state index contributed by atoms with van der Waals surface area (Å²) >= 11 is 0. The molecule has 0 aromatic carbocycles. The third-order valence-electron chi connectivity index (χ3n) is 4.20. The summed E-state index contributed by atoms with van der Waals surface area (Å²) in [5.41, 5.74) is 0.330. The molecule has 0 radical (unpaired) electrons. The second kappa shape index (κ2) is 6.55. The van der Waals surface area contributed by atoms with E-state index in [2.05, 4.69) is 50.6 Å². The second-order valence-electron chi connectivity index (χ2n) is 5.87. The molecule has 100 valence electrons. The van der Waals surface area contributed by atoms with Crippen LogP contribution in [0.2, 0.25) is 0 Å². The lowest BCUT2D eigenvalue weighted by Gasteiger charge is -2.47. The Bertz CT molecular complexity index is 231. The molecular formula is C15H30N2. The summed E-state index contributed by atoms with van der Waals surface area (Å²) in [6.07, 6.45) is 5.76. The van der Waals surface area contributed by atoms with E-state index in [0.29, 0.717) is 11.6 Å². The second-order valence-corrected chi connectivity index (χ2v) is 5.87. The van der Waals surface area contributed by atoms with Crippen molar-refractivity contribution in [3.05, 3.63) is 12.7 Å². The van der Waals surface area contributed by atoms with Crippen LogP contribution in [-0.4, -0.2) is 36.1 Å². The van der Waals surface area contributed by atoms with Crippen LogP contribution < -0.4 is 5.32 Å². The smallest absolute Gasteiger partial charge is 0.0304 e. The maximum absolute atomic E-state index is 3.91. The van der Waals surface area contributed by atoms with Crippen molar-refractivity contribution in [2.24, 2.45) is 5.92 Å². The molecular weight excluding hydrogens is 208 g/mol. The quantitative estimate of drug-likeness (QED) is 0.716. The molecule has 1 saturated heterocycles. The molecule has 0 aromatic rings. The summed E-state index contributed by atoms with van der Waals surface area (Å²) in [6.45, 7) is 16.5. The van der Waals surface area contributed by atoms with Gasteiger partial charge in [-0.1, -0.05) is 33.8 Å². The Morgan fingerprint density at radius 2 is 2.06 bits per heavy atom. The normalized spacial score (nSPS) is 25.1. The maximum atomic E-state index is 3.91. The van der Waals surface area contributed by atoms with Gasteiger partial charge in [-0.3, -0.25) is 4.90 Å². The summed E-state index contributed by atoms with van der Waals surface area (Å²) in [5, 5.41) is 3.80. The fraction of sp³-hybridized carbons (Fsp3) is 0.867. The molecule has 1 unspecified atom stereocenters. The minimum Gasteiger partial charge on any atom is -0.308 e. The molecule has 1 rings (SSSR count). The molecule has 0 aromatic heterocycles. The molecule has 1 aliphatic heterocycles. The van der Waals surface area contributed by atoms with Gasteiger partial charge in [0, 0.05) is 31.2 Å². The highest BCUT2D eigenvalue weighted by molar-refractivity contribution is 4.98. The molecule has 2 heteroatoms. The van der Waals surface area contributed by atoms with Crippen molar-refractivity contribution in [2.75, 3.05) is 19.6 Å². The predicted octanol–water partition coefficient (Wildman–Crippen LogP) is 3.05. The standard InChI is InChI=1S/C15H30N2/c1-6-9-17-12-15(7-2,8-3)16-11-14(17)10-13(4)5/h6,13-14,16H,1,7-12H2,2-5H3. The van der Waals surface area contributed by atoms with Gasteiger partial charge in [0.25, 0.3) is 0 Å². The highest BCUT2D eigenvalue weighted by Gasteiger charge is 2.36. The van der Waals surface area contributed by atoms with Crippen LogP contribution in [0.5, 0.6) is 0 Å². The van der Waals surface area contributed by atoms with Gasteiger partial charge < -0.3 is 5.32 Å². The minimum atomic E-state index is 0.330. The minimum absolute atomic E-state index is 0.330. The average molecular weight is 238 g/mol. The van der Waals surface area contributed by atoms with Crippen LogP contribution in [0.15, 0.2) is 12.7 Å². The van der Waals surface area contributed by atoms with E-state index in [1.54, 1.807) is 0 Å². The zero-order valence-corrected chi connectivity index (χ0v) is 12.1. The lowest BCUT2D eigenvalue weighted by Crippen LogP contribution is -2.63. The predicted molar refractivity (Wildman–Crippen MR) is 76.3 cm³/mol. The number of hydrogen-bond acceptors (Lipinski definition) is 2. The average Bonchev–Trinajstić information content (AvgIpc) is 2.31. The number of hydrogen-bond donors (Lipinski definition) is 1. The van der Waals surface area contributed by atoms with Crippen molar-refractivity contribution >= 4 is 0 Å². The first-order valence-electron chi connectivity index (χ1n) is 7.17. The molecule has 1 aliphatic rings. The van der Waals surface area contributed by atoms with Gasteiger partial charge in [-0.2, -0.15) is 0 Å². The van der Waals surface area contributed by atoms with E-state index in [4.69, 9.17) is 0 Å². The van der Waals surface area contributed by atoms with Crippen molar-refractivity contribution in [1.82, 2.24) is 10.2 Å². The number of rotatable bonds is 6. The van der Waals surface area contributed by atoms with Crippen LogP contribution in [0, 0.1) is 5.92 Å². The first-order chi connectivity index (χ1) is 8.06. The van der Waals surface area contributed by atoms with Crippen LogP contribution in [-0.2, 0) is 0 Å². The SMILES string of the molecule is C=CCN1CC(CC)(CC)NCC1CC(C)C. The van der Waals surface area contributed by atoms with Gasteiger partial charge >= 0.3 is 0 Å². The van der Waals surface area contributed by atoms with Crippen molar-refractivity contribution in [3.8, 4) is 0 Å². The molecule has 1 N–H and O–H groups in total. The van der Waals surface area contributed by atoms with Gasteiger partial charge in [-0.05, 0) is 25.2 Å². The van der Waals surface area contributed by atoms with Gasteiger partial charge in [-0.15, -0.1) is 6.58 Å². The van der Waals surface area contributed by atoms with E-state index in [9.17, 15) is 0 Å². The van der Waals surface area contributed by atoms with Gasteiger partial charge in [-0.25, -0.2) is 0 Å². The first-order valence-corrected chi connectivity index (χ1v) is 7.17. The van der Waals surface area contributed by atoms with E-state index in [-0.39, 0.29) is 0 Å².